The van der Waals surface area contributed by atoms with Crippen LogP contribution in [0.5, 0.6) is 0 Å². The molecule has 1 rings (SSSR count). The Hall–Kier alpha value is -0.810. The third kappa shape index (κ3) is 4.37. The van der Waals surface area contributed by atoms with Gasteiger partial charge >= 0.3 is 6.03 Å². The predicted molar refractivity (Wildman–Crippen MR) is 61.5 cm³/mol. The molecule has 1 aliphatic rings. The molecule has 0 aromatic carbocycles. The average Bonchev–Trinajstić information content (AvgIpc) is 2.35. The molecule has 0 aromatic heterocycles. The summed E-state index contributed by atoms with van der Waals surface area (Å²) in [5.41, 5.74) is 0. The first kappa shape index (κ1) is 13.3. The highest BCUT2D eigenvalue weighted by Gasteiger charge is 2.17. The van der Waals surface area contributed by atoms with Crippen molar-refractivity contribution in [3.63, 3.8) is 0 Å². The fourth-order valence-corrected chi connectivity index (χ4v) is 1.81. The van der Waals surface area contributed by atoms with Crippen LogP contribution in [0.1, 0.15) is 19.3 Å². The molecular formula is C11H22N2O3. The lowest BCUT2D eigenvalue weighted by Gasteiger charge is -2.27. The normalized spacial score (nSPS) is 18.2. The summed E-state index contributed by atoms with van der Waals surface area (Å²) in [6, 6.07) is 0.0119. The third-order valence-electron chi connectivity index (χ3n) is 2.81. The molecule has 1 fully saturated rings. The SMILES string of the molecule is COCC(CNC(=O)N1CCCCC1)OC. The number of piperidine rings is 1. The lowest BCUT2D eigenvalue weighted by atomic mass is 10.1. The molecule has 0 spiro atoms. The number of likely N-dealkylation sites (tertiary alicyclic amines) is 1. The van der Waals surface area contributed by atoms with E-state index in [1.807, 2.05) is 4.90 Å². The Kier molecular flexibility index (Phi) is 6.18. The fourth-order valence-electron chi connectivity index (χ4n) is 1.81. The van der Waals surface area contributed by atoms with Crippen molar-refractivity contribution in [3.05, 3.63) is 0 Å². The zero-order valence-corrected chi connectivity index (χ0v) is 10.2. The molecule has 0 aromatic rings. The van der Waals surface area contributed by atoms with E-state index in [9.17, 15) is 4.79 Å². The minimum atomic E-state index is -0.0706. The zero-order valence-electron chi connectivity index (χ0n) is 10.2. The summed E-state index contributed by atoms with van der Waals surface area (Å²) in [6.07, 6.45) is 3.38. The first-order chi connectivity index (χ1) is 7.77. The molecule has 1 unspecified atom stereocenters. The molecule has 1 heterocycles. The van der Waals surface area contributed by atoms with Crippen LogP contribution < -0.4 is 5.32 Å². The molecule has 94 valence electrons. The van der Waals surface area contributed by atoms with E-state index in [0.717, 1.165) is 25.9 Å². The number of carbonyl (C=O) groups is 1. The molecule has 1 aliphatic heterocycles. The van der Waals surface area contributed by atoms with Crippen LogP contribution in [0, 0.1) is 0 Å². The Morgan fingerprint density at radius 2 is 2.00 bits per heavy atom. The van der Waals surface area contributed by atoms with E-state index in [-0.39, 0.29) is 12.1 Å². The van der Waals surface area contributed by atoms with Crippen molar-refractivity contribution in [2.75, 3.05) is 40.5 Å². The second-order valence-electron chi connectivity index (χ2n) is 4.05. The summed E-state index contributed by atoms with van der Waals surface area (Å²) in [5.74, 6) is 0. The first-order valence-electron chi connectivity index (χ1n) is 5.82. The number of rotatable bonds is 5. The number of urea groups is 1. The van der Waals surface area contributed by atoms with Crippen molar-refractivity contribution in [3.8, 4) is 0 Å². The van der Waals surface area contributed by atoms with Crippen LogP contribution >= 0.6 is 0 Å². The third-order valence-corrected chi connectivity index (χ3v) is 2.81. The van der Waals surface area contributed by atoms with Gasteiger partial charge in [-0.3, -0.25) is 0 Å². The van der Waals surface area contributed by atoms with Gasteiger partial charge in [0.25, 0.3) is 0 Å². The van der Waals surface area contributed by atoms with Crippen molar-refractivity contribution < 1.29 is 14.3 Å². The van der Waals surface area contributed by atoms with Crippen molar-refractivity contribution in [2.24, 2.45) is 0 Å². The van der Waals surface area contributed by atoms with Crippen LogP contribution in [0.3, 0.4) is 0 Å². The van der Waals surface area contributed by atoms with Crippen molar-refractivity contribution in [1.29, 1.82) is 0 Å². The van der Waals surface area contributed by atoms with Crippen LogP contribution in [0.25, 0.3) is 0 Å². The van der Waals surface area contributed by atoms with E-state index >= 15 is 0 Å². The standard InChI is InChI=1S/C11H22N2O3/c1-15-9-10(16-2)8-12-11(14)13-6-4-3-5-7-13/h10H,3-9H2,1-2H3,(H,12,14). The van der Waals surface area contributed by atoms with E-state index in [2.05, 4.69) is 5.32 Å². The zero-order chi connectivity index (χ0) is 11.8. The molecule has 2 amide bonds. The van der Waals surface area contributed by atoms with Gasteiger partial charge in [0.1, 0.15) is 0 Å². The Bertz CT molecular complexity index is 205. The number of nitrogens with zero attached hydrogens (tertiary/aromatic N) is 1. The van der Waals surface area contributed by atoms with Gasteiger partial charge in [-0.15, -0.1) is 0 Å². The number of ether oxygens (including phenoxy) is 2. The van der Waals surface area contributed by atoms with Gasteiger partial charge in [-0.2, -0.15) is 0 Å². The number of hydrogen-bond acceptors (Lipinski definition) is 3. The van der Waals surface area contributed by atoms with Gasteiger partial charge in [-0.1, -0.05) is 0 Å². The van der Waals surface area contributed by atoms with Crippen LogP contribution in [0.2, 0.25) is 0 Å². The lowest BCUT2D eigenvalue weighted by molar-refractivity contribution is 0.0295. The molecule has 5 heteroatoms. The summed E-state index contributed by atoms with van der Waals surface area (Å²) in [6.45, 7) is 2.73. The van der Waals surface area contributed by atoms with Gasteiger partial charge in [-0.25, -0.2) is 4.79 Å². The Labute approximate surface area is 97.1 Å². The average molecular weight is 230 g/mol. The van der Waals surface area contributed by atoms with Crippen LogP contribution in [-0.4, -0.2) is 57.5 Å². The summed E-state index contributed by atoms with van der Waals surface area (Å²) in [4.78, 5) is 13.6. The molecule has 16 heavy (non-hydrogen) atoms. The molecule has 0 bridgehead atoms. The fraction of sp³-hybridized carbons (Fsp3) is 0.909. The summed E-state index contributed by atoms with van der Waals surface area (Å²) < 4.78 is 10.2. The van der Waals surface area contributed by atoms with Crippen molar-refractivity contribution in [1.82, 2.24) is 10.2 Å². The smallest absolute Gasteiger partial charge is 0.317 e. The quantitative estimate of drug-likeness (QED) is 0.761. The molecule has 1 saturated heterocycles. The minimum Gasteiger partial charge on any atom is -0.382 e. The second-order valence-corrected chi connectivity index (χ2v) is 4.05. The van der Waals surface area contributed by atoms with E-state index in [4.69, 9.17) is 9.47 Å². The molecule has 0 aliphatic carbocycles. The number of amides is 2. The highest BCUT2D eigenvalue weighted by Crippen LogP contribution is 2.08. The van der Waals surface area contributed by atoms with Gasteiger partial charge in [-0.05, 0) is 19.3 Å². The molecule has 0 radical (unpaired) electrons. The highest BCUT2D eigenvalue weighted by atomic mass is 16.5. The van der Waals surface area contributed by atoms with Crippen molar-refractivity contribution in [2.45, 2.75) is 25.4 Å². The van der Waals surface area contributed by atoms with E-state index in [1.54, 1.807) is 14.2 Å². The number of hydrogen-bond donors (Lipinski definition) is 1. The highest BCUT2D eigenvalue weighted by molar-refractivity contribution is 5.74. The van der Waals surface area contributed by atoms with Gasteiger partial charge in [0, 0.05) is 33.9 Å². The van der Waals surface area contributed by atoms with Gasteiger partial charge in [0.2, 0.25) is 0 Å². The largest absolute Gasteiger partial charge is 0.382 e. The van der Waals surface area contributed by atoms with Gasteiger partial charge in [0.05, 0.1) is 12.7 Å². The Morgan fingerprint density at radius 1 is 1.31 bits per heavy atom. The first-order valence-corrected chi connectivity index (χ1v) is 5.82. The van der Waals surface area contributed by atoms with E-state index in [1.165, 1.54) is 6.42 Å². The van der Waals surface area contributed by atoms with E-state index in [0.29, 0.717) is 13.2 Å². The molecular weight excluding hydrogens is 208 g/mol. The Morgan fingerprint density at radius 3 is 2.56 bits per heavy atom. The summed E-state index contributed by atoms with van der Waals surface area (Å²) in [5, 5.41) is 2.87. The van der Waals surface area contributed by atoms with Crippen LogP contribution in [-0.2, 0) is 9.47 Å². The maximum atomic E-state index is 11.7. The summed E-state index contributed by atoms with van der Waals surface area (Å²) in [7, 11) is 3.25. The van der Waals surface area contributed by atoms with Crippen molar-refractivity contribution >= 4 is 6.03 Å². The summed E-state index contributed by atoms with van der Waals surface area (Å²) >= 11 is 0. The molecule has 1 N–H and O–H groups in total. The minimum absolute atomic E-state index is 0.0119. The topological polar surface area (TPSA) is 50.8 Å². The van der Waals surface area contributed by atoms with E-state index < -0.39 is 0 Å². The number of methoxy groups -OCH3 is 2. The maximum absolute atomic E-state index is 11.7. The molecule has 0 saturated carbocycles. The van der Waals surface area contributed by atoms with Gasteiger partial charge in [0.15, 0.2) is 0 Å². The van der Waals surface area contributed by atoms with Crippen LogP contribution in [0.4, 0.5) is 4.79 Å². The number of nitrogens with one attached hydrogen (secondary N) is 1. The predicted octanol–water partition coefficient (Wildman–Crippen LogP) is 0.843. The second kappa shape index (κ2) is 7.46. The molecule has 5 nitrogen and oxygen atoms in total. The molecule has 1 atom stereocenters. The van der Waals surface area contributed by atoms with Crippen LogP contribution in [0.15, 0.2) is 0 Å². The van der Waals surface area contributed by atoms with Gasteiger partial charge < -0.3 is 19.7 Å². The maximum Gasteiger partial charge on any atom is 0.317 e. The lowest BCUT2D eigenvalue weighted by Crippen LogP contribution is -2.46. The Balaban J connectivity index is 2.22. The number of carbonyl (C=O) groups excluding carboxylic acids is 1. The monoisotopic (exact) mass is 230 g/mol.